The summed E-state index contributed by atoms with van der Waals surface area (Å²) in [6.45, 7) is 5.87. The zero-order valence-electron chi connectivity index (χ0n) is 6.97. The molecule has 1 atom stereocenters. The van der Waals surface area contributed by atoms with Gasteiger partial charge >= 0.3 is 0 Å². The molecule has 2 nitrogen and oxygen atoms in total. The maximum atomic E-state index is 8.61. The predicted molar refractivity (Wildman–Crippen MR) is 42.0 cm³/mol. The van der Waals surface area contributed by atoms with Crippen LogP contribution in [0.1, 0.15) is 26.7 Å². The van der Waals surface area contributed by atoms with E-state index in [-0.39, 0.29) is 12.5 Å². The molecule has 0 bridgehead atoms. The Morgan fingerprint density at radius 3 is 2.70 bits per heavy atom. The van der Waals surface area contributed by atoms with Gasteiger partial charge in [-0.25, -0.2) is 0 Å². The maximum absolute atomic E-state index is 8.61. The van der Waals surface area contributed by atoms with Crippen LogP contribution in [0.15, 0.2) is 0 Å². The lowest BCUT2D eigenvalue weighted by atomic mass is 10.2. The van der Waals surface area contributed by atoms with Gasteiger partial charge in [0, 0.05) is 19.1 Å². The quantitative estimate of drug-likeness (QED) is 0.574. The highest BCUT2D eigenvalue weighted by molar-refractivity contribution is 4.45. The van der Waals surface area contributed by atoms with Crippen molar-refractivity contribution in [2.75, 3.05) is 19.8 Å². The van der Waals surface area contributed by atoms with Gasteiger partial charge in [0.05, 0.1) is 6.61 Å². The van der Waals surface area contributed by atoms with Gasteiger partial charge in [-0.1, -0.05) is 20.3 Å². The molecule has 0 fully saturated rings. The van der Waals surface area contributed by atoms with Crippen molar-refractivity contribution in [2.45, 2.75) is 26.7 Å². The molecule has 0 heterocycles. The number of hydrogen-bond donors (Lipinski definition) is 1. The van der Waals surface area contributed by atoms with Crippen LogP contribution in [0.3, 0.4) is 0 Å². The third-order valence-electron chi connectivity index (χ3n) is 1.36. The third-order valence-corrected chi connectivity index (χ3v) is 1.36. The van der Waals surface area contributed by atoms with Crippen molar-refractivity contribution in [2.24, 2.45) is 5.92 Å². The Labute approximate surface area is 63.2 Å². The van der Waals surface area contributed by atoms with Gasteiger partial charge in [0.15, 0.2) is 0 Å². The average Bonchev–Trinajstić information content (AvgIpc) is 1.98. The van der Waals surface area contributed by atoms with Gasteiger partial charge in [0.2, 0.25) is 0 Å². The maximum Gasteiger partial charge on any atom is 0.0513 e. The Morgan fingerprint density at radius 1 is 1.50 bits per heavy atom. The minimum absolute atomic E-state index is 0.228. The highest BCUT2D eigenvalue weighted by Crippen LogP contribution is 1.95. The van der Waals surface area contributed by atoms with E-state index in [4.69, 9.17) is 9.84 Å². The van der Waals surface area contributed by atoms with Crippen molar-refractivity contribution in [1.29, 1.82) is 0 Å². The molecule has 0 saturated carbocycles. The van der Waals surface area contributed by atoms with Gasteiger partial charge in [-0.05, 0) is 6.42 Å². The number of aliphatic hydroxyl groups is 1. The first-order chi connectivity index (χ1) is 4.81. The van der Waals surface area contributed by atoms with Crippen LogP contribution >= 0.6 is 0 Å². The number of rotatable bonds is 6. The number of ether oxygens (including phenoxy) is 1. The largest absolute Gasteiger partial charge is 0.396 e. The first-order valence-electron chi connectivity index (χ1n) is 3.99. The highest BCUT2D eigenvalue weighted by atomic mass is 16.5. The lowest BCUT2D eigenvalue weighted by Gasteiger charge is -2.07. The molecule has 0 rings (SSSR count). The molecule has 0 saturated heterocycles. The fraction of sp³-hybridized carbons (Fsp3) is 1.00. The molecule has 1 N–H and O–H groups in total. The summed E-state index contributed by atoms with van der Waals surface area (Å²) in [4.78, 5) is 0. The van der Waals surface area contributed by atoms with Gasteiger partial charge < -0.3 is 9.84 Å². The molecule has 0 aromatic heterocycles. The van der Waals surface area contributed by atoms with Gasteiger partial charge in [-0.3, -0.25) is 0 Å². The normalized spacial score (nSPS) is 13.5. The van der Waals surface area contributed by atoms with E-state index in [2.05, 4.69) is 6.92 Å². The van der Waals surface area contributed by atoms with E-state index in [1.807, 2.05) is 6.92 Å². The summed E-state index contributed by atoms with van der Waals surface area (Å²) in [5, 5.41) is 8.61. The minimum atomic E-state index is 0.228. The minimum Gasteiger partial charge on any atom is -0.396 e. The van der Waals surface area contributed by atoms with Crippen molar-refractivity contribution in [1.82, 2.24) is 0 Å². The fourth-order valence-electron chi connectivity index (χ4n) is 0.584. The van der Waals surface area contributed by atoms with E-state index in [1.54, 1.807) is 0 Å². The summed E-state index contributed by atoms with van der Waals surface area (Å²) in [6.07, 6.45) is 2.30. The highest BCUT2D eigenvalue weighted by Gasteiger charge is 1.97. The van der Waals surface area contributed by atoms with E-state index in [9.17, 15) is 0 Å². The van der Waals surface area contributed by atoms with Crippen molar-refractivity contribution in [3.05, 3.63) is 0 Å². The van der Waals surface area contributed by atoms with Gasteiger partial charge in [0.1, 0.15) is 0 Å². The number of hydrogen-bond acceptors (Lipinski definition) is 2. The fourth-order valence-corrected chi connectivity index (χ4v) is 0.584. The lowest BCUT2D eigenvalue weighted by molar-refractivity contribution is 0.0783. The Kier molecular flexibility index (Phi) is 6.98. The Bertz CT molecular complexity index is 64.3. The van der Waals surface area contributed by atoms with Crippen LogP contribution in [0.25, 0.3) is 0 Å². The van der Waals surface area contributed by atoms with E-state index >= 15 is 0 Å². The van der Waals surface area contributed by atoms with Crippen molar-refractivity contribution >= 4 is 0 Å². The van der Waals surface area contributed by atoms with Crippen LogP contribution in [-0.4, -0.2) is 24.9 Å². The molecule has 62 valence electrons. The first-order valence-corrected chi connectivity index (χ1v) is 3.99. The molecule has 0 aromatic carbocycles. The second-order valence-corrected chi connectivity index (χ2v) is 2.72. The second kappa shape index (κ2) is 7.03. The van der Waals surface area contributed by atoms with Gasteiger partial charge in [-0.15, -0.1) is 0 Å². The van der Waals surface area contributed by atoms with Crippen molar-refractivity contribution in [3.8, 4) is 0 Å². The Morgan fingerprint density at radius 2 is 2.20 bits per heavy atom. The zero-order valence-corrected chi connectivity index (χ0v) is 6.97. The standard InChI is InChI=1S/C8H18O2/c1-3-4-5-10-7-8(2)6-9/h8-9H,3-7H2,1-2H3/t8-/m1/s1. The smallest absolute Gasteiger partial charge is 0.0513 e. The topological polar surface area (TPSA) is 29.5 Å². The molecule has 10 heavy (non-hydrogen) atoms. The lowest BCUT2D eigenvalue weighted by Crippen LogP contribution is -2.10. The molecule has 0 aromatic rings. The molecule has 0 amide bonds. The summed E-state index contributed by atoms with van der Waals surface area (Å²) in [6, 6.07) is 0. The van der Waals surface area contributed by atoms with Crippen LogP contribution in [0.4, 0.5) is 0 Å². The van der Waals surface area contributed by atoms with E-state index in [0.29, 0.717) is 6.61 Å². The summed E-state index contributed by atoms with van der Waals surface area (Å²) < 4.78 is 5.27. The molecule has 0 spiro atoms. The molecule has 0 unspecified atom stereocenters. The Balaban J connectivity index is 2.89. The number of aliphatic hydroxyl groups excluding tert-OH is 1. The Hall–Kier alpha value is -0.0800. The van der Waals surface area contributed by atoms with E-state index < -0.39 is 0 Å². The molecule has 0 aliphatic rings. The monoisotopic (exact) mass is 146 g/mol. The molecule has 0 aliphatic heterocycles. The molecular weight excluding hydrogens is 128 g/mol. The zero-order chi connectivity index (χ0) is 7.82. The van der Waals surface area contributed by atoms with Crippen LogP contribution in [-0.2, 0) is 4.74 Å². The first kappa shape index (κ1) is 9.92. The van der Waals surface area contributed by atoms with Crippen LogP contribution in [0, 0.1) is 5.92 Å². The van der Waals surface area contributed by atoms with Crippen LogP contribution < -0.4 is 0 Å². The van der Waals surface area contributed by atoms with Crippen molar-refractivity contribution in [3.63, 3.8) is 0 Å². The van der Waals surface area contributed by atoms with E-state index in [1.165, 1.54) is 6.42 Å². The SMILES string of the molecule is CCCCOC[C@H](C)CO. The van der Waals surface area contributed by atoms with Gasteiger partial charge in [0.25, 0.3) is 0 Å². The molecule has 2 heteroatoms. The third kappa shape index (κ3) is 6.05. The average molecular weight is 146 g/mol. The number of unbranched alkanes of at least 4 members (excludes halogenated alkanes) is 1. The summed E-state index contributed by atoms with van der Waals surface area (Å²) in [7, 11) is 0. The summed E-state index contributed by atoms with van der Waals surface area (Å²) in [5.74, 6) is 0.289. The summed E-state index contributed by atoms with van der Waals surface area (Å²) >= 11 is 0. The summed E-state index contributed by atoms with van der Waals surface area (Å²) in [5.41, 5.74) is 0. The van der Waals surface area contributed by atoms with Gasteiger partial charge in [-0.2, -0.15) is 0 Å². The van der Waals surface area contributed by atoms with Crippen molar-refractivity contribution < 1.29 is 9.84 Å². The molecule has 0 aliphatic carbocycles. The predicted octanol–water partition coefficient (Wildman–Crippen LogP) is 1.43. The van der Waals surface area contributed by atoms with Crippen LogP contribution in [0.5, 0.6) is 0 Å². The second-order valence-electron chi connectivity index (χ2n) is 2.72. The molecular formula is C8H18O2. The molecule has 0 radical (unpaired) electrons. The van der Waals surface area contributed by atoms with Crippen LogP contribution in [0.2, 0.25) is 0 Å². The van der Waals surface area contributed by atoms with E-state index in [0.717, 1.165) is 13.0 Å².